The van der Waals surface area contributed by atoms with E-state index in [4.69, 9.17) is 0 Å². The lowest BCUT2D eigenvalue weighted by Gasteiger charge is -2.33. The van der Waals surface area contributed by atoms with Gasteiger partial charge >= 0.3 is 0 Å². The average molecular weight is 346 g/mol. The Morgan fingerprint density at radius 1 is 0.955 bits per heavy atom. The number of aryl methyl sites for hydroxylation is 1. The molecule has 1 fully saturated rings. The lowest BCUT2D eigenvalue weighted by atomic mass is 10.2. The van der Waals surface area contributed by atoms with E-state index in [-0.39, 0.29) is 31.9 Å². The number of hydrogen-bond donors (Lipinski definition) is 0. The van der Waals surface area contributed by atoms with Gasteiger partial charge in [0.1, 0.15) is 0 Å². The molecule has 0 aliphatic carbocycles. The summed E-state index contributed by atoms with van der Waals surface area (Å²) in [5.41, 5.74) is 0.698. The zero-order chi connectivity index (χ0) is 16.4. The standard InChI is InChI=1S/C14H22N2O4S2/c1-3-12-21(17,18)15-8-10-16(11-9-15)22(19,20)14-7-5-4-6-13(14)2/h4-7H,3,8-12H2,1-2H3. The van der Waals surface area contributed by atoms with Gasteiger partial charge in [0, 0.05) is 26.2 Å². The van der Waals surface area contributed by atoms with Crippen LogP contribution >= 0.6 is 0 Å². The minimum absolute atomic E-state index is 0.109. The maximum atomic E-state index is 12.6. The summed E-state index contributed by atoms with van der Waals surface area (Å²) in [5, 5.41) is 0. The smallest absolute Gasteiger partial charge is 0.212 e. The number of nitrogens with zero attached hydrogens (tertiary/aromatic N) is 2. The van der Waals surface area contributed by atoms with Crippen LogP contribution < -0.4 is 0 Å². The van der Waals surface area contributed by atoms with Gasteiger partial charge in [0.2, 0.25) is 20.0 Å². The van der Waals surface area contributed by atoms with E-state index in [9.17, 15) is 16.8 Å². The maximum absolute atomic E-state index is 12.6. The van der Waals surface area contributed by atoms with E-state index in [1.807, 2.05) is 6.92 Å². The van der Waals surface area contributed by atoms with Crippen LogP contribution in [0.1, 0.15) is 18.9 Å². The summed E-state index contributed by atoms with van der Waals surface area (Å²) < 4.78 is 52.1. The van der Waals surface area contributed by atoms with Crippen LogP contribution in [0.2, 0.25) is 0 Å². The van der Waals surface area contributed by atoms with Gasteiger partial charge in [0.25, 0.3) is 0 Å². The van der Waals surface area contributed by atoms with Crippen LogP contribution in [0.3, 0.4) is 0 Å². The van der Waals surface area contributed by atoms with Crippen molar-refractivity contribution in [1.82, 2.24) is 8.61 Å². The van der Waals surface area contributed by atoms with Gasteiger partial charge in [-0.25, -0.2) is 16.8 Å². The van der Waals surface area contributed by atoms with E-state index in [0.717, 1.165) is 0 Å². The van der Waals surface area contributed by atoms with Crippen LogP contribution in [0.5, 0.6) is 0 Å². The first-order valence-electron chi connectivity index (χ1n) is 7.32. The second-order valence-corrected chi connectivity index (χ2v) is 9.38. The molecule has 0 atom stereocenters. The monoisotopic (exact) mass is 346 g/mol. The first kappa shape index (κ1) is 17.4. The van der Waals surface area contributed by atoms with Crippen molar-refractivity contribution in [3.8, 4) is 0 Å². The van der Waals surface area contributed by atoms with Crippen molar-refractivity contribution in [2.75, 3.05) is 31.9 Å². The van der Waals surface area contributed by atoms with Crippen LogP contribution in [0, 0.1) is 6.92 Å². The molecule has 1 saturated heterocycles. The highest BCUT2D eigenvalue weighted by Crippen LogP contribution is 2.21. The van der Waals surface area contributed by atoms with Crippen LogP contribution in [-0.4, -0.2) is 57.4 Å². The van der Waals surface area contributed by atoms with E-state index in [1.165, 1.54) is 8.61 Å². The molecule has 1 aromatic carbocycles. The molecule has 2 rings (SSSR count). The van der Waals surface area contributed by atoms with E-state index in [0.29, 0.717) is 16.9 Å². The molecule has 6 nitrogen and oxygen atoms in total. The van der Waals surface area contributed by atoms with Crippen molar-refractivity contribution in [3.05, 3.63) is 29.8 Å². The molecule has 1 heterocycles. The first-order valence-corrected chi connectivity index (χ1v) is 10.4. The van der Waals surface area contributed by atoms with Crippen molar-refractivity contribution in [2.45, 2.75) is 25.2 Å². The Labute approximate surface area is 132 Å². The molecule has 0 unspecified atom stereocenters. The van der Waals surface area contributed by atoms with Crippen molar-refractivity contribution >= 4 is 20.0 Å². The number of benzene rings is 1. The summed E-state index contributed by atoms with van der Waals surface area (Å²) in [5.74, 6) is 0.109. The van der Waals surface area contributed by atoms with Gasteiger partial charge in [-0.1, -0.05) is 25.1 Å². The Balaban J connectivity index is 2.13. The highest BCUT2D eigenvalue weighted by atomic mass is 32.2. The van der Waals surface area contributed by atoms with Crippen LogP contribution in [0.4, 0.5) is 0 Å². The molecule has 124 valence electrons. The van der Waals surface area contributed by atoms with Gasteiger partial charge in [0.05, 0.1) is 10.6 Å². The molecule has 0 spiro atoms. The zero-order valence-corrected chi connectivity index (χ0v) is 14.5. The number of sulfonamides is 2. The minimum atomic E-state index is -3.56. The minimum Gasteiger partial charge on any atom is -0.212 e. The highest BCUT2D eigenvalue weighted by Gasteiger charge is 2.32. The maximum Gasteiger partial charge on any atom is 0.243 e. The highest BCUT2D eigenvalue weighted by molar-refractivity contribution is 7.89. The first-order chi connectivity index (χ1) is 10.3. The average Bonchev–Trinajstić information content (AvgIpc) is 2.47. The van der Waals surface area contributed by atoms with Gasteiger partial charge in [-0.2, -0.15) is 8.61 Å². The van der Waals surface area contributed by atoms with Gasteiger partial charge in [0.15, 0.2) is 0 Å². The fourth-order valence-corrected chi connectivity index (χ4v) is 5.70. The van der Waals surface area contributed by atoms with Gasteiger partial charge in [-0.05, 0) is 25.0 Å². The molecule has 0 amide bonds. The molecule has 0 aromatic heterocycles. The molecule has 1 aliphatic heterocycles. The fourth-order valence-electron chi connectivity index (χ4n) is 2.56. The predicted molar refractivity (Wildman–Crippen MR) is 85.6 cm³/mol. The lowest BCUT2D eigenvalue weighted by Crippen LogP contribution is -2.50. The topological polar surface area (TPSA) is 74.8 Å². The molecule has 0 radical (unpaired) electrons. The largest absolute Gasteiger partial charge is 0.243 e. The lowest BCUT2D eigenvalue weighted by molar-refractivity contribution is 0.272. The van der Waals surface area contributed by atoms with Crippen LogP contribution in [0.15, 0.2) is 29.2 Å². The predicted octanol–water partition coefficient (Wildman–Crippen LogP) is 1.04. The Morgan fingerprint density at radius 2 is 1.50 bits per heavy atom. The molecule has 0 bridgehead atoms. The fraction of sp³-hybridized carbons (Fsp3) is 0.571. The van der Waals surface area contributed by atoms with Crippen LogP contribution in [-0.2, 0) is 20.0 Å². The second-order valence-electron chi connectivity index (χ2n) is 5.38. The van der Waals surface area contributed by atoms with E-state index in [1.54, 1.807) is 31.2 Å². The summed E-state index contributed by atoms with van der Waals surface area (Å²) in [7, 11) is -6.83. The van der Waals surface area contributed by atoms with Gasteiger partial charge < -0.3 is 0 Å². The van der Waals surface area contributed by atoms with Gasteiger partial charge in [-0.15, -0.1) is 0 Å². The summed E-state index contributed by atoms with van der Waals surface area (Å²) in [6.07, 6.45) is 0.560. The summed E-state index contributed by atoms with van der Waals surface area (Å²) in [6.45, 7) is 4.39. The molecule has 22 heavy (non-hydrogen) atoms. The molecular formula is C14H22N2O4S2. The number of piperazine rings is 1. The van der Waals surface area contributed by atoms with Crippen molar-refractivity contribution in [3.63, 3.8) is 0 Å². The molecule has 0 N–H and O–H groups in total. The Morgan fingerprint density at radius 3 is 2.05 bits per heavy atom. The third kappa shape index (κ3) is 3.51. The Bertz CT molecular complexity index is 721. The summed E-state index contributed by atoms with van der Waals surface area (Å²) in [6, 6.07) is 6.84. The normalized spacial score (nSPS) is 18.5. The van der Waals surface area contributed by atoms with Crippen LogP contribution in [0.25, 0.3) is 0 Å². The van der Waals surface area contributed by atoms with E-state index >= 15 is 0 Å². The molecule has 1 aromatic rings. The van der Waals surface area contributed by atoms with E-state index in [2.05, 4.69) is 0 Å². The van der Waals surface area contributed by atoms with Gasteiger partial charge in [-0.3, -0.25) is 0 Å². The molecule has 0 saturated carbocycles. The van der Waals surface area contributed by atoms with E-state index < -0.39 is 20.0 Å². The third-order valence-electron chi connectivity index (χ3n) is 3.76. The SMILES string of the molecule is CCCS(=O)(=O)N1CCN(S(=O)(=O)c2ccccc2C)CC1. The number of rotatable bonds is 5. The quantitative estimate of drug-likeness (QED) is 0.798. The van der Waals surface area contributed by atoms with Crippen molar-refractivity contribution < 1.29 is 16.8 Å². The summed E-state index contributed by atoms with van der Waals surface area (Å²) >= 11 is 0. The second kappa shape index (κ2) is 6.66. The Hall–Kier alpha value is -0.960. The van der Waals surface area contributed by atoms with Crippen molar-refractivity contribution in [2.24, 2.45) is 0 Å². The van der Waals surface area contributed by atoms with Crippen molar-refractivity contribution in [1.29, 1.82) is 0 Å². The molecule has 1 aliphatic rings. The summed E-state index contributed by atoms with van der Waals surface area (Å²) in [4.78, 5) is 0.292. The molecular weight excluding hydrogens is 324 g/mol. The number of hydrogen-bond acceptors (Lipinski definition) is 4. The Kier molecular flexibility index (Phi) is 5.26. The zero-order valence-electron chi connectivity index (χ0n) is 12.9. The molecule has 8 heteroatoms. The third-order valence-corrected chi connectivity index (χ3v) is 7.90.